The average molecular weight is 323 g/mol. The van der Waals surface area contributed by atoms with Crippen LogP contribution in [0.2, 0.25) is 0 Å². The zero-order chi connectivity index (χ0) is 17.0. The van der Waals surface area contributed by atoms with E-state index in [2.05, 4.69) is 20.3 Å². The predicted molar refractivity (Wildman–Crippen MR) is 81.5 cm³/mol. The van der Waals surface area contributed by atoms with E-state index in [1.165, 1.54) is 24.3 Å². The Labute approximate surface area is 133 Å². The van der Waals surface area contributed by atoms with Gasteiger partial charge in [0, 0.05) is 11.0 Å². The molecule has 5 nitrogen and oxygen atoms in total. The molecular formula is C16H19F2N3O2. The summed E-state index contributed by atoms with van der Waals surface area (Å²) in [6.07, 6.45) is 0. The summed E-state index contributed by atoms with van der Waals surface area (Å²) < 4.78 is 28.7. The van der Waals surface area contributed by atoms with Gasteiger partial charge in [0.15, 0.2) is 0 Å². The number of hydrogen-bond donors (Lipinski definition) is 2. The molecule has 1 heterocycles. The second-order valence-electron chi connectivity index (χ2n) is 6.12. The molecule has 1 amide bonds. The summed E-state index contributed by atoms with van der Waals surface area (Å²) in [7, 11) is 0. The molecule has 0 unspecified atom stereocenters. The number of rotatable bonds is 5. The van der Waals surface area contributed by atoms with Crippen molar-refractivity contribution in [2.75, 3.05) is 0 Å². The number of nitrogens with one attached hydrogen (secondary N) is 2. The van der Waals surface area contributed by atoms with Gasteiger partial charge < -0.3 is 10.1 Å². The van der Waals surface area contributed by atoms with Crippen LogP contribution in [0.5, 0.6) is 5.75 Å². The molecule has 2 aromatic rings. The molecule has 1 aromatic carbocycles. The Kier molecular flexibility index (Phi) is 4.98. The first-order chi connectivity index (χ1) is 10.8. The molecule has 0 aliphatic carbocycles. The molecule has 0 saturated carbocycles. The molecule has 23 heavy (non-hydrogen) atoms. The second kappa shape index (κ2) is 6.76. The number of amides is 1. The van der Waals surface area contributed by atoms with Crippen molar-refractivity contribution in [1.82, 2.24) is 15.5 Å². The maximum atomic E-state index is 12.2. The molecule has 0 radical (unpaired) electrons. The first-order valence-corrected chi connectivity index (χ1v) is 7.13. The molecule has 0 fully saturated rings. The van der Waals surface area contributed by atoms with Crippen LogP contribution in [0.25, 0.3) is 0 Å². The van der Waals surface area contributed by atoms with Crippen LogP contribution in [0.3, 0.4) is 0 Å². The van der Waals surface area contributed by atoms with Crippen molar-refractivity contribution < 1.29 is 18.3 Å². The molecule has 2 rings (SSSR count). The number of carbonyl (C=O) groups is 1. The molecule has 0 bridgehead atoms. The molecule has 0 aliphatic heterocycles. The van der Waals surface area contributed by atoms with Gasteiger partial charge >= 0.3 is 6.61 Å². The fourth-order valence-corrected chi connectivity index (χ4v) is 1.93. The highest BCUT2D eigenvalue weighted by atomic mass is 19.3. The fourth-order valence-electron chi connectivity index (χ4n) is 1.93. The van der Waals surface area contributed by atoms with E-state index in [1.54, 1.807) is 0 Å². The van der Waals surface area contributed by atoms with Gasteiger partial charge in [0.25, 0.3) is 5.91 Å². The van der Waals surface area contributed by atoms with Crippen LogP contribution in [0, 0.1) is 0 Å². The Morgan fingerprint density at radius 2 is 2.09 bits per heavy atom. The minimum Gasteiger partial charge on any atom is -0.435 e. The van der Waals surface area contributed by atoms with Crippen LogP contribution in [-0.2, 0) is 12.0 Å². The van der Waals surface area contributed by atoms with Crippen LogP contribution < -0.4 is 10.1 Å². The Hall–Kier alpha value is -2.44. The lowest BCUT2D eigenvalue weighted by atomic mass is 9.92. The van der Waals surface area contributed by atoms with E-state index in [0.29, 0.717) is 0 Å². The standard InChI is InChI=1S/C16H19F2N3O2/c1-16(2,3)13-8-11(20-21-13)9-19-14(22)10-5-4-6-12(7-10)23-15(17)18/h4-8,15H,9H2,1-3H3,(H,19,22)(H,20,21). The predicted octanol–water partition coefficient (Wildman–Crippen LogP) is 3.24. The lowest BCUT2D eigenvalue weighted by molar-refractivity contribution is -0.0498. The van der Waals surface area contributed by atoms with Crippen molar-refractivity contribution in [2.24, 2.45) is 0 Å². The minimum atomic E-state index is -2.92. The first-order valence-electron chi connectivity index (χ1n) is 7.13. The van der Waals surface area contributed by atoms with Gasteiger partial charge in [0.05, 0.1) is 17.9 Å². The van der Waals surface area contributed by atoms with E-state index in [9.17, 15) is 13.6 Å². The Morgan fingerprint density at radius 1 is 1.35 bits per heavy atom. The number of nitrogens with zero attached hydrogens (tertiary/aromatic N) is 1. The summed E-state index contributed by atoms with van der Waals surface area (Å²) in [5, 5.41) is 9.78. The van der Waals surface area contributed by atoms with Gasteiger partial charge in [0.2, 0.25) is 0 Å². The van der Waals surface area contributed by atoms with Crippen molar-refractivity contribution in [3.05, 3.63) is 47.3 Å². The van der Waals surface area contributed by atoms with Gasteiger partial charge in [-0.15, -0.1) is 0 Å². The number of carbonyl (C=O) groups excluding carboxylic acids is 1. The van der Waals surface area contributed by atoms with Crippen LogP contribution in [0.15, 0.2) is 30.3 Å². The zero-order valence-electron chi connectivity index (χ0n) is 13.2. The molecule has 124 valence electrons. The molecule has 0 aliphatic rings. The number of aromatic nitrogens is 2. The topological polar surface area (TPSA) is 67.0 Å². The van der Waals surface area contributed by atoms with E-state index in [0.717, 1.165) is 11.4 Å². The van der Waals surface area contributed by atoms with Crippen molar-refractivity contribution in [2.45, 2.75) is 39.3 Å². The smallest absolute Gasteiger partial charge is 0.387 e. The van der Waals surface area contributed by atoms with Crippen LogP contribution in [0.1, 0.15) is 42.5 Å². The van der Waals surface area contributed by atoms with Gasteiger partial charge in [-0.05, 0) is 24.3 Å². The number of alkyl halides is 2. The monoisotopic (exact) mass is 323 g/mol. The average Bonchev–Trinajstić information content (AvgIpc) is 2.93. The SMILES string of the molecule is CC(C)(C)c1cc(CNC(=O)c2cccc(OC(F)F)c2)[nH]n1. The van der Waals surface area contributed by atoms with Gasteiger partial charge in [-0.25, -0.2) is 0 Å². The summed E-state index contributed by atoms with van der Waals surface area (Å²) in [6.45, 7) is 3.47. The Morgan fingerprint density at radius 3 is 2.70 bits per heavy atom. The van der Waals surface area contributed by atoms with Crippen LogP contribution in [0.4, 0.5) is 8.78 Å². The lowest BCUT2D eigenvalue weighted by Gasteiger charge is -2.13. The summed E-state index contributed by atoms with van der Waals surface area (Å²) in [5.74, 6) is -0.430. The molecule has 0 spiro atoms. The number of aromatic amines is 1. The molecule has 7 heteroatoms. The molecule has 0 saturated heterocycles. The van der Waals surface area contributed by atoms with E-state index in [4.69, 9.17) is 0 Å². The quantitative estimate of drug-likeness (QED) is 0.887. The Balaban J connectivity index is 1.98. The van der Waals surface area contributed by atoms with Gasteiger partial charge in [-0.3, -0.25) is 9.89 Å². The summed E-state index contributed by atoms with van der Waals surface area (Å²) in [4.78, 5) is 12.1. The van der Waals surface area contributed by atoms with Gasteiger partial charge in [-0.1, -0.05) is 26.8 Å². The highest BCUT2D eigenvalue weighted by molar-refractivity contribution is 5.94. The highest BCUT2D eigenvalue weighted by Gasteiger charge is 2.17. The number of ether oxygens (including phenoxy) is 1. The van der Waals surface area contributed by atoms with Gasteiger partial charge in [0.1, 0.15) is 5.75 Å². The van der Waals surface area contributed by atoms with E-state index >= 15 is 0 Å². The minimum absolute atomic E-state index is 0.0517. The largest absolute Gasteiger partial charge is 0.435 e. The maximum Gasteiger partial charge on any atom is 0.387 e. The number of H-pyrrole nitrogens is 1. The molecule has 2 N–H and O–H groups in total. The van der Waals surface area contributed by atoms with E-state index in [-0.39, 0.29) is 29.2 Å². The first kappa shape index (κ1) is 16.9. The van der Waals surface area contributed by atoms with Crippen molar-refractivity contribution >= 4 is 5.91 Å². The van der Waals surface area contributed by atoms with Crippen molar-refractivity contribution in [3.63, 3.8) is 0 Å². The van der Waals surface area contributed by atoms with Gasteiger partial charge in [-0.2, -0.15) is 13.9 Å². The molecular weight excluding hydrogens is 304 g/mol. The third-order valence-electron chi connectivity index (χ3n) is 3.16. The fraction of sp³-hybridized carbons (Fsp3) is 0.375. The number of hydrogen-bond acceptors (Lipinski definition) is 3. The summed E-state index contributed by atoms with van der Waals surface area (Å²) in [5.41, 5.74) is 1.83. The number of benzene rings is 1. The molecule has 0 atom stereocenters. The van der Waals surface area contributed by atoms with Crippen molar-refractivity contribution in [1.29, 1.82) is 0 Å². The highest BCUT2D eigenvalue weighted by Crippen LogP contribution is 2.20. The van der Waals surface area contributed by atoms with E-state index in [1.807, 2.05) is 26.8 Å². The third-order valence-corrected chi connectivity index (χ3v) is 3.16. The molecule has 1 aromatic heterocycles. The van der Waals surface area contributed by atoms with Crippen molar-refractivity contribution in [3.8, 4) is 5.75 Å². The summed E-state index contributed by atoms with van der Waals surface area (Å²) in [6, 6.07) is 7.54. The van der Waals surface area contributed by atoms with Crippen LogP contribution in [-0.4, -0.2) is 22.7 Å². The Bertz CT molecular complexity index is 678. The maximum absolute atomic E-state index is 12.2. The normalized spacial score (nSPS) is 11.6. The second-order valence-corrected chi connectivity index (χ2v) is 6.12. The summed E-state index contributed by atoms with van der Waals surface area (Å²) >= 11 is 0. The zero-order valence-corrected chi connectivity index (χ0v) is 13.2. The van der Waals surface area contributed by atoms with Crippen LogP contribution >= 0.6 is 0 Å². The number of halogens is 2. The van der Waals surface area contributed by atoms with E-state index < -0.39 is 6.61 Å². The lowest BCUT2D eigenvalue weighted by Crippen LogP contribution is -2.23. The third kappa shape index (κ3) is 4.77.